The summed E-state index contributed by atoms with van der Waals surface area (Å²) >= 11 is 0. The molecule has 0 aliphatic heterocycles. The first-order valence-corrected chi connectivity index (χ1v) is 10.5. The van der Waals surface area contributed by atoms with E-state index in [1.165, 1.54) is 19.3 Å². The largest absolute Gasteiger partial charge is 0.326 e. The smallest absolute Gasteiger partial charge is 0.254 e. The van der Waals surface area contributed by atoms with E-state index in [0.29, 0.717) is 17.9 Å². The fraction of sp³-hybridized carbons (Fsp3) is 0.652. The molecule has 1 atom stereocenters. The Balaban J connectivity index is 2.28. The van der Waals surface area contributed by atoms with E-state index in [9.17, 15) is 9.59 Å². The maximum absolute atomic E-state index is 13.3. The SMILES string of the molecule is CCCCCC(=O)C(C1CCCCC1)N(C(=O)c1ccccc1)C(C)C. The van der Waals surface area contributed by atoms with Crippen LogP contribution in [-0.4, -0.2) is 28.7 Å². The average molecular weight is 358 g/mol. The van der Waals surface area contributed by atoms with Gasteiger partial charge in [0.1, 0.15) is 0 Å². The normalized spacial score (nSPS) is 16.5. The summed E-state index contributed by atoms with van der Waals surface area (Å²) in [5.41, 5.74) is 0.684. The fourth-order valence-corrected chi connectivity index (χ4v) is 4.20. The van der Waals surface area contributed by atoms with Gasteiger partial charge in [-0.1, -0.05) is 57.2 Å². The number of amides is 1. The van der Waals surface area contributed by atoms with Gasteiger partial charge in [-0.15, -0.1) is 0 Å². The van der Waals surface area contributed by atoms with E-state index in [1.807, 2.05) is 49.1 Å². The van der Waals surface area contributed by atoms with Crippen LogP contribution in [0.4, 0.5) is 0 Å². The Labute approximate surface area is 159 Å². The van der Waals surface area contributed by atoms with Gasteiger partial charge in [-0.05, 0) is 51.2 Å². The number of unbranched alkanes of at least 4 members (excludes halogenated alkanes) is 2. The molecule has 0 saturated heterocycles. The highest BCUT2D eigenvalue weighted by Gasteiger charge is 2.37. The van der Waals surface area contributed by atoms with Crippen LogP contribution in [0, 0.1) is 5.92 Å². The molecule has 1 aromatic rings. The Bertz CT molecular complexity index is 561. The summed E-state index contributed by atoms with van der Waals surface area (Å²) in [6.45, 7) is 6.23. The summed E-state index contributed by atoms with van der Waals surface area (Å²) < 4.78 is 0. The highest BCUT2D eigenvalue weighted by atomic mass is 16.2. The number of Topliss-reactive ketones (excluding diaryl/α,β-unsaturated/α-hetero) is 1. The van der Waals surface area contributed by atoms with Gasteiger partial charge in [-0.25, -0.2) is 0 Å². The minimum absolute atomic E-state index is 0.0000139. The average Bonchev–Trinajstić information content (AvgIpc) is 2.66. The highest BCUT2D eigenvalue weighted by molar-refractivity contribution is 5.98. The van der Waals surface area contributed by atoms with Gasteiger partial charge in [0.2, 0.25) is 0 Å². The summed E-state index contributed by atoms with van der Waals surface area (Å²) in [6.07, 6.45) is 9.45. The van der Waals surface area contributed by atoms with Crippen molar-refractivity contribution in [2.24, 2.45) is 5.92 Å². The first kappa shape index (κ1) is 20.7. The molecule has 144 valence electrons. The van der Waals surface area contributed by atoms with Crippen molar-refractivity contribution < 1.29 is 9.59 Å². The van der Waals surface area contributed by atoms with Crippen LogP contribution in [0.2, 0.25) is 0 Å². The van der Waals surface area contributed by atoms with E-state index in [1.54, 1.807) is 0 Å². The van der Waals surface area contributed by atoms with Crippen molar-refractivity contribution >= 4 is 11.7 Å². The molecule has 0 N–H and O–H groups in total. The number of hydrogen-bond acceptors (Lipinski definition) is 2. The van der Waals surface area contributed by atoms with E-state index in [2.05, 4.69) is 6.92 Å². The van der Waals surface area contributed by atoms with Gasteiger partial charge in [0.05, 0.1) is 6.04 Å². The molecule has 1 amide bonds. The molecule has 0 radical (unpaired) electrons. The predicted octanol–water partition coefficient (Wildman–Crippen LogP) is 5.64. The van der Waals surface area contributed by atoms with E-state index in [0.717, 1.165) is 32.1 Å². The topological polar surface area (TPSA) is 37.4 Å². The molecule has 1 fully saturated rings. The van der Waals surface area contributed by atoms with Crippen LogP contribution >= 0.6 is 0 Å². The third kappa shape index (κ3) is 5.43. The number of carbonyl (C=O) groups excluding carboxylic acids is 2. The molecule has 1 aliphatic carbocycles. The molecule has 0 spiro atoms. The molecule has 1 aromatic carbocycles. The van der Waals surface area contributed by atoms with Crippen LogP contribution in [0.15, 0.2) is 30.3 Å². The quantitative estimate of drug-likeness (QED) is 0.537. The van der Waals surface area contributed by atoms with Crippen molar-refractivity contribution in [2.75, 3.05) is 0 Å². The lowest BCUT2D eigenvalue weighted by molar-refractivity contribution is -0.126. The molecule has 2 rings (SSSR count). The van der Waals surface area contributed by atoms with E-state index < -0.39 is 0 Å². The Morgan fingerprint density at radius 2 is 1.69 bits per heavy atom. The zero-order valence-electron chi connectivity index (χ0n) is 16.7. The number of benzene rings is 1. The number of hydrogen-bond donors (Lipinski definition) is 0. The van der Waals surface area contributed by atoms with Crippen LogP contribution in [0.3, 0.4) is 0 Å². The van der Waals surface area contributed by atoms with E-state index in [-0.39, 0.29) is 23.8 Å². The third-order valence-electron chi connectivity index (χ3n) is 5.56. The van der Waals surface area contributed by atoms with Crippen molar-refractivity contribution in [1.29, 1.82) is 0 Å². The summed E-state index contributed by atoms with van der Waals surface area (Å²) in [6, 6.07) is 9.18. The maximum Gasteiger partial charge on any atom is 0.254 e. The van der Waals surface area contributed by atoms with Crippen LogP contribution in [0.1, 0.15) is 88.9 Å². The summed E-state index contributed by atoms with van der Waals surface area (Å²) in [5, 5.41) is 0. The summed E-state index contributed by atoms with van der Waals surface area (Å²) in [7, 11) is 0. The van der Waals surface area contributed by atoms with Gasteiger partial charge in [0.25, 0.3) is 5.91 Å². The number of carbonyl (C=O) groups is 2. The van der Waals surface area contributed by atoms with Gasteiger partial charge < -0.3 is 4.90 Å². The molecular weight excluding hydrogens is 322 g/mol. The number of nitrogens with zero attached hydrogens (tertiary/aromatic N) is 1. The van der Waals surface area contributed by atoms with Gasteiger partial charge in [0.15, 0.2) is 5.78 Å². The molecule has 0 bridgehead atoms. The molecular formula is C23H35NO2. The van der Waals surface area contributed by atoms with Crippen molar-refractivity contribution in [3.8, 4) is 0 Å². The molecule has 3 nitrogen and oxygen atoms in total. The second-order valence-electron chi connectivity index (χ2n) is 7.94. The van der Waals surface area contributed by atoms with Crippen LogP contribution in [0.5, 0.6) is 0 Å². The molecule has 1 aliphatic rings. The second-order valence-corrected chi connectivity index (χ2v) is 7.94. The van der Waals surface area contributed by atoms with E-state index >= 15 is 0 Å². The van der Waals surface area contributed by atoms with Gasteiger partial charge in [0, 0.05) is 18.0 Å². The minimum Gasteiger partial charge on any atom is -0.326 e. The van der Waals surface area contributed by atoms with Crippen molar-refractivity contribution in [3.63, 3.8) is 0 Å². The lowest BCUT2D eigenvalue weighted by Crippen LogP contribution is -2.52. The van der Waals surface area contributed by atoms with Crippen molar-refractivity contribution in [2.45, 2.75) is 90.6 Å². The summed E-state index contributed by atoms with van der Waals surface area (Å²) in [5.74, 6) is 0.580. The molecule has 0 aromatic heterocycles. The van der Waals surface area contributed by atoms with E-state index in [4.69, 9.17) is 0 Å². The molecule has 0 heterocycles. The lowest BCUT2D eigenvalue weighted by atomic mass is 9.80. The standard InChI is InChI=1S/C23H35NO2/c1-4-5-8-17-21(25)22(19-13-9-6-10-14-19)24(18(2)3)23(26)20-15-11-7-12-16-20/h7,11-12,15-16,18-19,22H,4-6,8-10,13-14,17H2,1-3H3. The fourth-order valence-electron chi connectivity index (χ4n) is 4.20. The zero-order chi connectivity index (χ0) is 18.9. The molecule has 26 heavy (non-hydrogen) atoms. The first-order valence-electron chi connectivity index (χ1n) is 10.5. The van der Waals surface area contributed by atoms with Crippen molar-refractivity contribution in [1.82, 2.24) is 4.90 Å². The lowest BCUT2D eigenvalue weighted by Gasteiger charge is -2.40. The van der Waals surface area contributed by atoms with Crippen LogP contribution < -0.4 is 0 Å². The Morgan fingerprint density at radius 1 is 1.04 bits per heavy atom. The second kappa shape index (κ2) is 10.5. The number of rotatable bonds is 9. The Morgan fingerprint density at radius 3 is 2.27 bits per heavy atom. The van der Waals surface area contributed by atoms with Crippen LogP contribution in [-0.2, 0) is 4.79 Å². The molecule has 1 saturated carbocycles. The maximum atomic E-state index is 13.3. The number of ketones is 1. The Kier molecular flexibility index (Phi) is 8.34. The minimum atomic E-state index is -0.264. The summed E-state index contributed by atoms with van der Waals surface area (Å²) in [4.78, 5) is 28.4. The molecule has 1 unspecified atom stereocenters. The first-order chi connectivity index (χ1) is 12.6. The van der Waals surface area contributed by atoms with Crippen molar-refractivity contribution in [3.05, 3.63) is 35.9 Å². The van der Waals surface area contributed by atoms with Gasteiger partial charge in [-0.2, -0.15) is 0 Å². The van der Waals surface area contributed by atoms with Crippen LogP contribution in [0.25, 0.3) is 0 Å². The molecule has 3 heteroatoms. The predicted molar refractivity (Wildman–Crippen MR) is 107 cm³/mol. The van der Waals surface area contributed by atoms with Gasteiger partial charge >= 0.3 is 0 Å². The zero-order valence-corrected chi connectivity index (χ0v) is 16.7. The Hall–Kier alpha value is -1.64. The third-order valence-corrected chi connectivity index (χ3v) is 5.56. The van der Waals surface area contributed by atoms with Gasteiger partial charge in [-0.3, -0.25) is 9.59 Å². The highest BCUT2D eigenvalue weighted by Crippen LogP contribution is 2.32. The monoisotopic (exact) mass is 357 g/mol.